The van der Waals surface area contributed by atoms with Gasteiger partial charge in [-0.2, -0.15) is 0 Å². The molecular formula is C22H28N4O4. The number of methoxy groups -OCH3 is 3. The van der Waals surface area contributed by atoms with E-state index in [-0.39, 0.29) is 11.4 Å². The fourth-order valence-electron chi connectivity index (χ4n) is 4.43. The van der Waals surface area contributed by atoms with Crippen LogP contribution in [0.5, 0.6) is 17.2 Å². The molecule has 0 saturated carbocycles. The second kappa shape index (κ2) is 8.39. The second-order valence-corrected chi connectivity index (χ2v) is 7.61. The lowest BCUT2D eigenvalue weighted by Crippen LogP contribution is -2.55. The van der Waals surface area contributed by atoms with Crippen LogP contribution in [0.25, 0.3) is 6.08 Å². The third-order valence-corrected chi connectivity index (χ3v) is 6.04. The average molecular weight is 412 g/mol. The van der Waals surface area contributed by atoms with Crippen molar-refractivity contribution in [2.75, 3.05) is 41.0 Å². The van der Waals surface area contributed by atoms with Crippen molar-refractivity contribution in [3.8, 4) is 17.2 Å². The highest BCUT2D eigenvalue weighted by atomic mass is 16.5. The lowest BCUT2D eigenvalue weighted by molar-refractivity contribution is -0.127. The van der Waals surface area contributed by atoms with Gasteiger partial charge in [-0.25, -0.2) is 4.98 Å². The maximum atomic E-state index is 12.8. The Balaban J connectivity index is 1.44. The van der Waals surface area contributed by atoms with Gasteiger partial charge in [0, 0.05) is 37.8 Å². The van der Waals surface area contributed by atoms with E-state index in [0.717, 1.165) is 37.1 Å². The van der Waals surface area contributed by atoms with Crippen LogP contribution in [0.2, 0.25) is 0 Å². The highest BCUT2D eigenvalue weighted by molar-refractivity contribution is 5.92. The van der Waals surface area contributed by atoms with Gasteiger partial charge in [0.25, 0.3) is 0 Å². The van der Waals surface area contributed by atoms with Gasteiger partial charge in [0.1, 0.15) is 0 Å². The molecule has 1 aromatic carbocycles. The van der Waals surface area contributed by atoms with Gasteiger partial charge in [0.2, 0.25) is 11.7 Å². The van der Waals surface area contributed by atoms with Crippen LogP contribution in [0.3, 0.4) is 0 Å². The molecule has 2 N–H and O–H groups in total. The summed E-state index contributed by atoms with van der Waals surface area (Å²) >= 11 is 0. The van der Waals surface area contributed by atoms with E-state index in [1.807, 2.05) is 17.0 Å². The van der Waals surface area contributed by atoms with Gasteiger partial charge in [-0.1, -0.05) is 0 Å². The van der Waals surface area contributed by atoms with Crippen molar-refractivity contribution in [3.05, 3.63) is 41.5 Å². The average Bonchev–Trinajstić information content (AvgIpc) is 3.27. The molecule has 1 spiro atoms. The quantitative estimate of drug-likeness (QED) is 0.732. The summed E-state index contributed by atoms with van der Waals surface area (Å²) in [4.78, 5) is 22.5. The van der Waals surface area contributed by atoms with Crippen LogP contribution in [-0.4, -0.2) is 61.7 Å². The Morgan fingerprint density at radius 3 is 2.47 bits per heavy atom. The molecule has 0 bridgehead atoms. The molecule has 0 unspecified atom stereocenters. The molecule has 1 amide bonds. The van der Waals surface area contributed by atoms with E-state index in [0.29, 0.717) is 30.3 Å². The Kier molecular flexibility index (Phi) is 5.67. The van der Waals surface area contributed by atoms with E-state index < -0.39 is 0 Å². The van der Waals surface area contributed by atoms with Crippen LogP contribution >= 0.6 is 0 Å². The minimum atomic E-state index is -0.120. The fourth-order valence-corrected chi connectivity index (χ4v) is 4.43. The summed E-state index contributed by atoms with van der Waals surface area (Å²) in [5, 5.41) is 3.65. The van der Waals surface area contributed by atoms with Crippen molar-refractivity contribution in [1.82, 2.24) is 20.2 Å². The number of carbonyl (C=O) groups is 1. The predicted octanol–water partition coefficient (Wildman–Crippen LogP) is 2.11. The van der Waals surface area contributed by atoms with E-state index in [4.69, 9.17) is 14.2 Å². The first-order valence-corrected chi connectivity index (χ1v) is 10.1. The van der Waals surface area contributed by atoms with Crippen molar-refractivity contribution >= 4 is 12.0 Å². The summed E-state index contributed by atoms with van der Waals surface area (Å²) in [7, 11) is 4.71. The van der Waals surface area contributed by atoms with Gasteiger partial charge in [-0.3, -0.25) is 4.79 Å². The zero-order valence-corrected chi connectivity index (χ0v) is 17.7. The molecule has 1 fully saturated rings. The third-order valence-electron chi connectivity index (χ3n) is 6.04. The molecule has 160 valence electrons. The van der Waals surface area contributed by atoms with Crippen molar-refractivity contribution in [3.63, 3.8) is 0 Å². The van der Waals surface area contributed by atoms with E-state index in [2.05, 4.69) is 15.3 Å². The Bertz CT molecular complexity index is 919. The van der Waals surface area contributed by atoms with Gasteiger partial charge in [0.15, 0.2) is 11.5 Å². The van der Waals surface area contributed by atoms with Crippen molar-refractivity contribution in [1.29, 1.82) is 0 Å². The number of nitrogens with one attached hydrogen (secondary N) is 2. The van der Waals surface area contributed by atoms with Crippen molar-refractivity contribution < 1.29 is 19.0 Å². The van der Waals surface area contributed by atoms with Gasteiger partial charge < -0.3 is 29.4 Å². The molecule has 1 aromatic heterocycles. The van der Waals surface area contributed by atoms with Gasteiger partial charge >= 0.3 is 0 Å². The number of aromatic nitrogens is 2. The van der Waals surface area contributed by atoms with Crippen molar-refractivity contribution in [2.24, 2.45) is 0 Å². The number of hydrogen-bond acceptors (Lipinski definition) is 6. The largest absolute Gasteiger partial charge is 0.493 e. The van der Waals surface area contributed by atoms with Gasteiger partial charge in [0.05, 0.1) is 38.9 Å². The Morgan fingerprint density at radius 2 is 1.83 bits per heavy atom. The summed E-state index contributed by atoms with van der Waals surface area (Å²) in [6.45, 7) is 2.32. The number of benzene rings is 1. The first kappa shape index (κ1) is 20.3. The van der Waals surface area contributed by atoms with E-state index in [1.54, 1.807) is 39.8 Å². The molecule has 0 atom stereocenters. The van der Waals surface area contributed by atoms with E-state index >= 15 is 0 Å². The van der Waals surface area contributed by atoms with E-state index in [1.165, 1.54) is 5.69 Å². The number of ether oxygens (including phenoxy) is 3. The first-order valence-electron chi connectivity index (χ1n) is 10.1. The summed E-state index contributed by atoms with van der Waals surface area (Å²) in [6.07, 6.45) is 7.84. The number of H-pyrrole nitrogens is 1. The van der Waals surface area contributed by atoms with E-state index in [9.17, 15) is 4.79 Å². The highest BCUT2D eigenvalue weighted by Crippen LogP contribution is 2.39. The normalized spacial score (nSPS) is 17.8. The molecule has 3 heterocycles. The number of hydrogen-bond donors (Lipinski definition) is 2. The van der Waals surface area contributed by atoms with Crippen LogP contribution in [0.4, 0.5) is 0 Å². The van der Waals surface area contributed by atoms with Crippen LogP contribution in [0.15, 0.2) is 24.5 Å². The van der Waals surface area contributed by atoms with Gasteiger partial charge in [-0.15, -0.1) is 0 Å². The van der Waals surface area contributed by atoms with Crippen LogP contribution < -0.4 is 19.5 Å². The Morgan fingerprint density at radius 1 is 1.13 bits per heavy atom. The number of carbonyl (C=O) groups excluding carboxylic acids is 1. The lowest BCUT2D eigenvalue weighted by Gasteiger charge is -2.43. The molecular weight excluding hydrogens is 384 g/mol. The minimum absolute atomic E-state index is 0.00309. The van der Waals surface area contributed by atoms with Crippen LogP contribution in [0, 0.1) is 0 Å². The smallest absolute Gasteiger partial charge is 0.246 e. The SMILES string of the molecule is COc1cc(/C=C/C(=O)N2CCC3(CC2)NCCc2[nH]cnc23)cc(OC)c1OC. The number of likely N-dealkylation sites (tertiary alicyclic amines) is 1. The third kappa shape index (κ3) is 3.63. The Labute approximate surface area is 176 Å². The molecule has 30 heavy (non-hydrogen) atoms. The fraction of sp³-hybridized carbons (Fsp3) is 0.455. The summed E-state index contributed by atoms with van der Waals surface area (Å²) in [6, 6.07) is 3.64. The zero-order valence-electron chi connectivity index (χ0n) is 17.7. The number of nitrogens with zero attached hydrogens (tertiary/aromatic N) is 2. The summed E-state index contributed by atoms with van der Waals surface area (Å²) in [5.74, 6) is 1.64. The number of amides is 1. The monoisotopic (exact) mass is 412 g/mol. The predicted molar refractivity (Wildman–Crippen MR) is 113 cm³/mol. The van der Waals surface area contributed by atoms with Crippen LogP contribution in [-0.2, 0) is 16.8 Å². The number of fused-ring (bicyclic) bond motifs is 2. The van der Waals surface area contributed by atoms with Crippen LogP contribution in [0.1, 0.15) is 29.8 Å². The summed E-state index contributed by atoms with van der Waals surface area (Å²) < 4.78 is 16.1. The molecule has 8 nitrogen and oxygen atoms in total. The maximum Gasteiger partial charge on any atom is 0.246 e. The highest BCUT2D eigenvalue weighted by Gasteiger charge is 2.41. The first-order chi connectivity index (χ1) is 14.6. The topological polar surface area (TPSA) is 88.7 Å². The molecule has 4 rings (SSSR count). The zero-order chi connectivity index (χ0) is 21.1. The maximum absolute atomic E-state index is 12.8. The van der Waals surface area contributed by atoms with Crippen molar-refractivity contribution in [2.45, 2.75) is 24.8 Å². The molecule has 1 saturated heterocycles. The Hall–Kier alpha value is -3.00. The molecule has 2 aliphatic heterocycles. The molecule has 8 heteroatoms. The molecule has 0 aliphatic carbocycles. The second-order valence-electron chi connectivity index (χ2n) is 7.61. The molecule has 0 radical (unpaired) electrons. The number of piperidine rings is 1. The number of rotatable bonds is 5. The molecule has 2 aromatic rings. The molecule has 2 aliphatic rings. The number of imidazole rings is 1. The van der Waals surface area contributed by atoms with Gasteiger partial charge in [-0.05, 0) is 36.6 Å². The minimum Gasteiger partial charge on any atom is -0.493 e. The number of aromatic amines is 1. The summed E-state index contributed by atoms with van der Waals surface area (Å²) in [5.41, 5.74) is 3.02. The standard InChI is InChI=1S/C22H28N4O4/c1-28-17-12-15(13-18(29-2)20(17)30-3)4-5-19(27)26-10-7-22(8-11-26)21-16(6-9-25-22)23-14-24-21/h4-5,12-14,25H,6-11H2,1-3H3,(H,23,24)/b5-4+. The lowest BCUT2D eigenvalue weighted by atomic mass is 9.80.